The van der Waals surface area contributed by atoms with E-state index in [0.717, 1.165) is 24.3 Å². The lowest BCUT2D eigenvalue weighted by Crippen LogP contribution is -2.55. The molecule has 116 valence electrons. The number of hydrogen-bond donors (Lipinski definition) is 2. The fourth-order valence-corrected chi connectivity index (χ4v) is 2.28. The highest BCUT2D eigenvalue weighted by Crippen LogP contribution is 2.29. The smallest absolute Gasteiger partial charge is 0.391 e. The molecule has 7 heteroatoms. The summed E-state index contributed by atoms with van der Waals surface area (Å²) in [4.78, 5) is 12.3. The second kappa shape index (κ2) is 6.43. The maximum absolute atomic E-state index is 12.5. The van der Waals surface area contributed by atoms with Crippen molar-refractivity contribution in [2.45, 2.75) is 38.4 Å². The molecule has 0 aromatic heterocycles. The molecule has 21 heavy (non-hydrogen) atoms. The van der Waals surface area contributed by atoms with Crippen LogP contribution in [0.3, 0.4) is 0 Å². The van der Waals surface area contributed by atoms with E-state index < -0.39 is 23.2 Å². The minimum atomic E-state index is -4.43. The lowest BCUT2D eigenvalue weighted by Gasteiger charge is -2.31. The monoisotopic (exact) mass is 318 g/mol. The van der Waals surface area contributed by atoms with Gasteiger partial charge in [-0.25, -0.2) is 0 Å². The van der Waals surface area contributed by atoms with E-state index in [-0.39, 0.29) is 10.6 Å². The van der Waals surface area contributed by atoms with E-state index in [9.17, 15) is 18.0 Å². The molecule has 0 spiro atoms. The molecule has 0 saturated heterocycles. The average Bonchev–Trinajstić information content (AvgIpc) is 2.43. The van der Waals surface area contributed by atoms with Crippen LogP contribution in [-0.2, 0) is 6.18 Å². The van der Waals surface area contributed by atoms with Crippen LogP contribution in [0.4, 0.5) is 13.2 Å². The van der Waals surface area contributed by atoms with Crippen molar-refractivity contribution >= 4 is 23.1 Å². The molecule has 3 nitrogen and oxygen atoms in total. The molecule has 0 saturated carbocycles. The van der Waals surface area contributed by atoms with Crippen molar-refractivity contribution in [3.63, 3.8) is 0 Å². The molecule has 0 unspecified atom stereocenters. The number of halogens is 3. The molecule has 1 aromatic carbocycles. The van der Waals surface area contributed by atoms with Crippen LogP contribution in [-0.4, -0.2) is 16.4 Å². The molecule has 0 aliphatic carbocycles. The fraction of sp³-hybridized carbons (Fsp3) is 0.429. The molecular weight excluding hydrogens is 301 g/mol. The molecule has 0 bridgehead atoms. The number of nitrogens with one attached hydrogen (secondary N) is 1. The molecule has 0 radical (unpaired) electrons. The van der Waals surface area contributed by atoms with Crippen molar-refractivity contribution in [3.8, 4) is 0 Å². The molecule has 3 N–H and O–H groups in total. The third-order valence-corrected chi connectivity index (χ3v) is 3.90. The summed E-state index contributed by atoms with van der Waals surface area (Å²) >= 11 is 4.98. The second-order valence-corrected chi connectivity index (χ2v) is 5.12. The van der Waals surface area contributed by atoms with Crippen LogP contribution in [0.5, 0.6) is 0 Å². The Morgan fingerprint density at radius 3 is 2.00 bits per heavy atom. The summed E-state index contributed by atoms with van der Waals surface area (Å²) < 4.78 is 37.4. The van der Waals surface area contributed by atoms with E-state index in [1.807, 2.05) is 13.8 Å². The first kappa shape index (κ1) is 17.4. The van der Waals surface area contributed by atoms with Gasteiger partial charge in [-0.05, 0) is 37.1 Å². The highest BCUT2D eigenvalue weighted by molar-refractivity contribution is 7.80. The van der Waals surface area contributed by atoms with Gasteiger partial charge in [-0.15, -0.1) is 0 Å². The number of amides is 1. The summed E-state index contributed by atoms with van der Waals surface area (Å²) in [6.07, 6.45) is -3.42. The van der Waals surface area contributed by atoms with Gasteiger partial charge in [-0.3, -0.25) is 4.79 Å². The van der Waals surface area contributed by atoms with Crippen LogP contribution >= 0.6 is 12.2 Å². The van der Waals surface area contributed by atoms with E-state index >= 15 is 0 Å². The summed E-state index contributed by atoms with van der Waals surface area (Å²) in [7, 11) is 0. The van der Waals surface area contributed by atoms with Crippen molar-refractivity contribution in [3.05, 3.63) is 35.4 Å². The summed E-state index contributed by atoms with van der Waals surface area (Å²) in [6.45, 7) is 3.66. The Balaban J connectivity index is 2.96. The standard InChI is InChI=1S/C14H17F3N2OS/c1-3-13(4-2,12(18)21)19-11(20)9-5-7-10(8-6-9)14(15,16)17/h5-8H,3-4H2,1-2H3,(H2,18,21)(H,19,20). The Kier molecular flexibility index (Phi) is 5.33. The quantitative estimate of drug-likeness (QED) is 0.819. The Morgan fingerprint density at radius 1 is 1.19 bits per heavy atom. The van der Waals surface area contributed by atoms with Crippen LogP contribution in [0.2, 0.25) is 0 Å². The van der Waals surface area contributed by atoms with Crippen molar-refractivity contribution in [1.29, 1.82) is 0 Å². The number of thiocarbonyl (C=S) groups is 1. The van der Waals surface area contributed by atoms with E-state index in [4.69, 9.17) is 18.0 Å². The predicted molar refractivity (Wildman–Crippen MR) is 79.0 cm³/mol. The molecule has 0 atom stereocenters. The summed E-state index contributed by atoms with van der Waals surface area (Å²) in [5.41, 5.74) is 4.17. The van der Waals surface area contributed by atoms with Gasteiger partial charge in [0.2, 0.25) is 0 Å². The zero-order valence-electron chi connectivity index (χ0n) is 11.8. The SMILES string of the molecule is CCC(CC)(NC(=O)c1ccc(C(F)(F)F)cc1)C(N)=S. The normalized spacial score (nSPS) is 12.0. The molecule has 0 aliphatic heterocycles. The van der Waals surface area contributed by atoms with Crippen molar-refractivity contribution < 1.29 is 18.0 Å². The Morgan fingerprint density at radius 2 is 1.67 bits per heavy atom. The number of nitrogens with two attached hydrogens (primary N) is 1. The molecule has 1 rings (SSSR count). The number of alkyl halides is 3. The topological polar surface area (TPSA) is 55.1 Å². The van der Waals surface area contributed by atoms with Crippen LogP contribution in [0.1, 0.15) is 42.6 Å². The Hall–Kier alpha value is -1.63. The number of carbonyl (C=O) groups is 1. The van der Waals surface area contributed by atoms with Crippen LogP contribution < -0.4 is 11.1 Å². The van der Waals surface area contributed by atoms with E-state index in [2.05, 4.69) is 5.32 Å². The van der Waals surface area contributed by atoms with Crippen molar-refractivity contribution in [2.75, 3.05) is 0 Å². The lowest BCUT2D eigenvalue weighted by molar-refractivity contribution is -0.137. The number of hydrogen-bond acceptors (Lipinski definition) is 2. The van der Waals surface area contributed by atoms with E-state index in [1.54, 1.807) is 0 Å². The lowest BCUT2D eigenvalue weighted by atomic mass is 9.92. The Bertz CT molecular complexity index is 522. The maximum atomic E-state index is 12.5. The maximum Gasteiger partial charge on any atom is 0.416 e. The van der Waals surface area contributed by atoms with Gasteiger partial charge < -0.3 is 11.1 Å². The zero-order chi connectivity index (χ0) is 16.3. The summed E-state index contributed by atoms with van der Waals surface area (Å²) in [5, 5.41) is 2.72. The van der Waals surface area contributed by atoms with Crippen LogP contribution in [0, 0.1) is 0 Å². The number of benzene rings is 1. The van der Waals surface area contributed by atoms with E-state index in [1.165, 1.54) is 0 Å². The molecule has 0 heterocycles. The van der Waals surface area contributed by atoms with Gasteiger partial charge in [-0.2, -0.15) is 13.2 Å². The second-order valence-electron chi connectivity index (χ2n) is 4.68. The molecule has 1 aromatic rings. The predicted octanol–water partition coefficient (Wildman–Crippen LogP) is 3.28. The third kappa shape index (κ3) is 3.93. The number of carbonyl (C=O) groups excluding carboxylic acids is 1. The van der Waals surface area contributed by atoms with Gasteiger partial charge in [0.15, 0.2) is 0 Å². The minimum Gasteiger partial charge on any atom is -0.391 e. The van der Waals surface area contributed by atoms with Gasteiger partial charge in [0.05, 0.1) is 16.1 Å². The van der Waals surface area contributed by atoms with Gasteiger partial charge in [0, 0.05) is 5.56 Å². The number of rotatable bonds is 5. The van der Waals surface area contributed by atoms with Crippen LogP contribution in [0.15, 0.2) is 24.3 Å². The van der Waals surface area contributed by atoms with E-state index in [0.29, 0.717) is 12.8 Å². The van der Waals surface area contributed by atoms with Gasteiger partial charge >= 0.3 is 6.18 Å². The molecular formula is C14H17F3N2OS. The summed E-state index contributed by atoms with van der Waals surface area (Å²) in [6, 6.07) is 4.01. The fourth-order valence-electron chi connectivity index (χ4n) is 1.94. The first-order chi connectivity index (χ1) is 9.66. The largest absolute Gasteiger partial charge is 0.416 e. The van der Waals surface area contributed by atoms with Crippen molar-refractivity contribution in [1.82, 2.24) is 5.32 Å². The van der Waals surface area contributed by atoms with Crippen molar-refractivity contribution in [2.24, 2.45) is 5.73 Å². The van der Waals surface area contributed by atoms with Gasteiger partial charge in [0.25, 0.3) is 5.91 Å². The molecule has 0 fully saturated rings. The average molecular weight is 318 g/mol. The molecule has 0 aliphatic rings. The minimum absolute atomic E-state index is 0.130. The third-order valence-electron chi connectivity index (χ3n) is 3.51. The zero-order valence-corrected chi connectivity index (χ0v) is 12.6. The van der Waals surface area contributed by atoms with Gasteiger partial charge in [-0.1, -0.05) is 26.1 Å². The highest BCUT2D eigenvalue weighted by Gasteiger charge is 2.33. The first-order valence-electron chi connectivity index (χ1n) is 6.46. The highest BCUT2D eigenvalue weighted by atomic mass is 32.1. The van der Waals surface area contributed by atoms with Gasteiger partial charge in [0.1, 0.15) is 0 Å². The van der Waals surface area contributed by atoms with Crippen LogP contribution in [0.25, 0.3) is 0 Å². The summed E-state index contributed by atoms with van der Waals surface area (Å²) in [5.74, 6) is -0.500. The first-order valence-corrected chi connectivity index (χ1v) is 6.86. The molecule has 1 amide bonds. The Labute approximate surface area is 126 Å².